The van der Waals surface area contributed by atoms with Gasteiger partial charge in [0.05, 0.1) is 24.6 Å². The van der Waals surface area contributed by atoms with Crippen molar-refractivity contribution in [3.63, 3.8) is 0 Å². The third-order valence-corrected chi connectivity index (χ3v) is 5.31. The fourth-order valence-corrected chi connectivity index (χ4v) is 3.63. The number of nitrogens with zero attached hydrogens (tertiary/aromatic N) is 4. The largest absolute Gasteiger partial charge is 0.497 e. The zero-order valence-corrected chi connectivity index (χ0v) is 16.5. The second-order valence-corrected chi connectivity index (χ2v) is 6.99. The van der Waals surface area contributed by atoms with Crippen molar-refractivity contribution >= 4 is 11.6 Å². The second-order valence-electron chi connectivity index (χ2n) is 6.99. The molecule has 0 spiro atoms. The second kappa shape index (κ2) is 7.95. The van der Waals surface area contributed by atoms with Gasteiger partial charge in [-0.15, -0.1) is 0 Å². The van der Waals surface area contributed by atoms with E-state index in [4.69, 9.17) is 4.74 Å². The van der Waals surface area contributed by atoms with Gasteiger partial charge in [-0.3, -0.25) is 4.79 Å². The molecule has 0 saturated carbocycles. The van der Waals surface area contributed by atoms with Crippen LogP contribution in [0.5, 0.6) is 5.75 Å². The minimum atomic E-state index is -0.371. The number of carbonyl (C=O) groups is 1. The van der Waals surface area contributed by atoms with Gasteiger partial charge in [0.2, 0.25) is 0 Å². The number of methoxy groups -OCH3 is 1. The van der Waals surface area contributed by atoms with E-state index in [0.717, 1.165) is 24.5 Å². The van der Waals surface area contributed by atoms with Crippen molar-refractivity contribution in [2.75, 3.05) is 38.2 Å². The molecule has 3 aromatic rings. The van der Waals surface area contributed by atoms with Crippen LogP contribution in [0.4, 0.5) is 10.1 Å². The third-order valence-electron chi connectivity index (χ3n) is 5.31. The molecule has 0 atom stereocenters. The highest BCUT2D eigenvalue weighted by Gasteiger charge is 2.25. The number of carbonyl (C=O) groups excluding carboxylic acids is 1. The van der Waals surface area contributed by atoms with Crippen molar-refractivity contribution in [1.29, 1.82) is 0 Å². The van der Waals surface area contributed by atoms with E-state index in [1.165, 1.54) is 16.9 Å². The molecule has 6 nitrogen and oxygen atoms in total. The Labute approximate surface area is 169 Å². The van der Waals surface area contributed by atoms with Gasteiger partial charge in [0, 0.05) is 37.9 Å². The lowest BCUT2D eigenvalue weighted by Crippen LogP contribution is -2.48. The van der Waals surface area contributed by atoms with Crippen molar-refractivity contribution in [1.82, 2.24) is 14.7 Å². The lowest BCUT2D eigenvalue weighted by molar-refractivity contribution is 0.0746. The Kier molecular flexibility index (Phi) is 5.20. The standard InChI is InChI=1S/C22H23FN4O2/c1-16-19(15-24-27(16)21-9-4-3-8-20(21)23)22(28)26-12-10-25(11-13-26)17-6-5-7-18(14-17)29-2/h3-9,14-15H,10-13H2,1-2H3. The highest BCUT2D eigenvalue weighted by molar-refractivity contribution is 5.95. The van der Waals surface area contributed by atoms with E-state index in [0.29, 0.717) is 30.0 Å². The maximum absolute atomic E-state index is 14.1. The van der Waals surface area contributed by atoms with Gasteiger partial charge in [-0.25, -0.2) is 9.07 Å². The van der Waals surface area contributed by atoms with Crippen molar-refractivity contribution in [2.24, 2.45) is 0 Å². The van der Waals surface area contributed by atoms with E-state index >= 15 is 0 Å². The number of piperazine rings is 1. The van der Waals surface area contributed by atoms with Crippen molar-refractivity contribution in [2.45, 2.75) is 6.92 Å². The molecule has 1 saturated heterocycles. The monoisotopic (exact) mass is 394 g/mol. The number of ether oxygens (including phenoxy) is 1. The summed E-state index contributed by atoms with van der Waals surface area (Å²) in [4.78, 5) is 17.1. The molecular weight excluding hydrogens is 371 g/mol. The summed E-state index contributed by atoms with van der Waals surface area (Å²) < 4.78 is 20.9. The summed E-state index contributed by atoms with van der Waals surface area (Å²) in [5, 5.41) is 4.25. The van der Waals surface area contributed by atoms with Gasteiger partial charge in [-0.2, -0.15) is 5.10 Å². The van der Waals surface area contributed by atoms with Crippen LogP contribution in [0.15, 0.2) is 54.7 Å². The molecule has 1 aliphatic heterocycles. The summed E-state index contributed by atoms with van der Waals surface area (Å²) in [6.45, 7) is 4.48. The fraction of sp³-hybridized carbons (Fsp3) is 0.273. The van der Waals surface area contributed by atoms with Crippen LogP contribution in [0.25, 0.3) is 5.69 Å². The Bertz CT molecular complexity index is 1030. The number of amides is 1. The van der Waals surface area contributed by atoms with E-state index in [2.05, 4.69) is 10.00 Å². The first-order chi connectivity index (χ1) is 14.1. The van der Waals surface area contributed by atoms with Crippen molar-refractivity contribution in [3.05, 3.63) is 71.8 Å². The van der Waals surface area contributed by atoms with Crippen LogP contribution >= 0.6 is 0 Å². The molecule has 1 aromatic heterocycles. The van der Waals surface area contributed by atoms with E-state index in [1.54, 1.807) is 32.2 Å². The molecule has 1 fully saturated rings. The molecule has 2 aromatic carbocycles. The minimum absolute atomic E-state index is 0.0737. The molecule has 1 amide bonds. The summed E-state index contributed by atoms with van der Waals surface area (Å²) in [6, 6.07) is 14.3. The van der Waals surface area contributed by atoms with Gasteiger partial charge in [-0.1, -0.05) is 18.2 Å². The fourth-order valence-electron chi connectivity index (χ4n) is 3.63. The summed E-state index contributed by atoms with van der Waals surface area (Å²) in [7, 11) is 1.65. The Morgan fingerprint density at radius 3 is 2.55 bits per heavy atom. The normalized spacial score (nSPS) is 14.2. The highest BCUT2D eigenvalue weighted by atomic mass is 19.1. The first-order valence-electron chi connectivity index (χ1n) is 9.56. The summed E-state index contributed by atoms with van der Waals surface area (Å²) in [6.07, 6.45) is 1.53. The lowest BCUT2D eigenvalue weighted by Gasteiger charge is -2.36. The topological polar surface area (TPSA) is 50.6 Å². The van der Waals surface area contributed by atoms with Crippen LogP contribution in [-0.4, -0.2) is 53.9 Å². The van der Waals surface area contributed by atoms with E-state index < -0.39 is 0 Å². The quantitative estimate of drug-likeness (QED) is 0.681. The van der Waals surface area contributed by atoms with Gasteiger partial charge in [0.1, 0.15) is 17.3 Å². The number of halogens is 1. The number of rotatable bonds is 4. The van der Waals surface area contributed by atoms with Crippen LogP contribution in [0.2, 0.25) is 0 Å². The number of anilines is 1. The molecule has 2 heterocycles. The maximum atomic E-state index is 14.1. The molecule has 7 heteroatoms. The molecule has 0 bridgehead atoms. The first-order valence-corrected chi connectivity index (χ1v) is 9.56. The number of hydrogen-bond acceptors (Lipinski definition) is 4. The van der Waals surface area contributed by atoms with Gasteiger partial charge in [-0.05, 0) is 31.2 Å². The number of para-hydroxylation sites is 1. The van der Waals surface area contributed by atoms with Crippen LogP contribution in [0, 0.1) is 12.7 Å². The number of aromatic nitrogens is 2. The molecular formula is C22H23FN4O2. The van der Waals surface area contributed by atoms with Gasteiger partial charge >= 0.3 is 0 Å². The lowest BCUT2D eigenvalue weighted by atomic mass is 10.2. The average Bonchev–Trinajstić information content (AvgIpc) is 3.15. The molecule has 1 aliphatic rings. The zero-order chi connectivity index (χ0) is 20.4. The van der Waals surface area contributed by atoms with E-state index in [-0.39, 0.29) is 11.7 Å². The Morgan fingerprint density at radius 2 is 1.83 bits per heavy atom. The summed E-state index contributed by atoms with van der Waals surface area (Å²) in [5.74, 6) is 0.372. The average molecular weight is 394 g/mol. The predicted octanol–water partition coefficient (Wildman–Crippen LogP) is 3.29. The van der Waals surface area contributed by atoms with Crippen LogP contribution in [0.3, 0.4) is 0 Å². The zero-order valence-electron chi connectivity index (χ0n) is 16.5. The molecule has 4 rings (SSSR count). The predicted molar refractivity (Wildman–Crippen MR) is 109 cm³/mol. The van der Waals surface area contributed by atoms with Crippen LogP contribution in [0.1, 0.15) is 16.1 Å². The molecule has 0 aliphatic carbocycles. The molecule has 0 N–H and O–H groups in total. The first kappa shape index (κ1) is 19.0. The Morgan fingerprint density at radius 1 is 1.07 bits per heavy atom. The summed E-state index contributed by atoms with van der Waals surface area (Å²) in [5.41, 5.74) is 2.56. The Hall–Kier alpha value is -3.35. The SMILES string of the molecule is COc1cccc(N2CCN(C(=O)c3cnn(-c4ccccc4F)c3C)CC2)c1. The van der Waals surface area contributed by atoms with Crippen molar-refractivity contribution in [3.8, 4) is 11.4 Å². The molecule has 29 heavy (non-hydrogen) atoms. The Balaban J connectivity index is 1.47. The molecule has 150 valence electrons. The minimum Gasteiger partial charge on any atom is -0.497 e. The van der Waals surface area contributed by atoms with Crippen LogP contribution < -0.4 is 9.64 Å². The van der Waals surface area contributed by atoms with Crippen LogP contribution in [-0.2, 0) is 0 Å². The molecule has 0 radical (unpaired) electrons. The van der Waals surface area contributed by atoms with Gasteiger partial charge in [0.15, 0.2) is 0 Å². The number of benzene rings is 2. The van der Waals surface area contributed by atoms with Gasteiger partial charge in [0.25, 0.3) is 5.91 Å². The van der Waals surface area contributed by atoms with E-state index in [1.807, 2.05) is 29.2 Å². The molecule has 0 unspecified atom stereocenters. The van der Waals surface area contributed by atoms with Gasteiger partial charge < -0.3 is 14.5 Å². The van der Waals surface area contributed by atoms with Crippen molar-refractivity contribution < 1.29 is 13.9 Å². The summed E-state index contributed by atoms with van der Waals surface area (Å²) >= 11 is 0. The number of hydrogen-bond donors (Lipinski definition) is 0. The third kappa shape index (κ3) is 3.68. The highest BCUT2D eigenvalue weighted by Crippen LogP contribution is 2.23. The van der Waals surface area contributed by atoms with E-state index in [9.17, 15) is 9.18 Å². The smallest absolute Gasteiger partial charge is 0.257 e. The maximum Gasteiger partial charge on any atom is 0.257 e.